The van der Waals surface area contributed by atoms with Crippen LogP contribution >= 0.6 is 11.6 Å². The van der Waals surface area contributed by atoms with E-state index in [2.05, 4.69) is 65.3 Å². The lowest BCUT2D eigenvalue weighted by molar-refractivity contribution is -0.120. The Bertz CT molecular complexity index is 1050. The second kappa shape index (κ2) is 9.33. The molecule has 6 nitrogen and oxygen atoms in total. The van der Waals surface area contributed by atoms with Crippen LogP contribution in [0.1, 0.15) is 44.7 Å². The molecule has 0 saturated carbocycles. The molecule has 0 aliphatic carbocycles. The molecule has 3 heterocycles. The second-order valence-electron chi connectivity index (χ2n) is 9.41. The van der Waals surface area contributed by atoms with Crippen LogP contribution in [0.5, 0.6) is 0 Å². The zero-order valence-corrected chi connectivity index (χ0v) is 19.6. The van der Waals surface area contributed by atoms with E-state index in [0.717, 1.165) is 43.1 Å². The summed E-state index contributed by atoms with van der Waals surface area (Å²) in [5.74, 6) is 1.67. The van der Waals surface area contributed by atoms with Crippen LogP contribution in [-0.4, -0.2) is 33.8 Å². The fraction of sp³-hybridized carbons (Fsp3) is 0.400. The first kappa shape index (κ1) is 22.3. The Morgan fingerprint density at radius 3 is 2.44 bits per heavy atom. The number of aromatic nitrogens is 3. The summed E-state index contributed by atoms with van der Waals surface area (Å²) in [5.41, 5.74) is 2.58. The van der Waals surface area contributed by atoms with E-state index in [1.807, 2.05) is 22.9 Å². The Hall–Kier alpha value is -2.86. The van der Waals surface area contributed by atoms with Gasteiger partial charge in [-0.2, -0.15) is 5.10 Å². The minimum absolute atomic E-state index is 0.0204. The Balaban J connectivity index is 1.34. The van der Waals surface area contributed by atoms with E-state index in [-0.39, 0.29) is 17.2 Å². The van der Waals surface area contributed by atoms with Crippen molar-refractivity contribution in [3.63, 3.8) is 0 Å². The maximum absolute atomic E-state index is 12.9. The van der Waals surface area contributed by atoms with Gasteiger partial charge in [-0.3, -0.25) is 4.79 Å². The molecule has 1 aromatic carbocycles. The SMILES string of the molecule is CC(C)(C)c1ccc(Cn2nccc2NC(=O)C2CCN(c3ccc(Cl)cn3)CC2)cc1. The van der Waals surface area contributed by atoms with Crippen LogP contribution in [0, 0.1) is 5.92 Å². The van der Waals surface area contributed by atoms with Crippen molar-refractivity contribution in [1.29, 1.82) is 0 Å². The van der Waals surface area contributed by atoms with Crippen molar-refractivity contribution < 1.29 is 4.79 Å². The number of hydrogen-bond acceptors (Lipinski definition) is 4. The minimum Gasteiger partial charge on any atom is -0.357 e. The molecule has 1 aliphatic heterocycles. The number of halogens is 1. The van der Waals surface area contributed by atoms with Crippen molar-refractivity contribution in [2.75, 3.05) is 23.3 Å². The van der Waals surface area contributed by atoms with Gasteiger partial charge in [-0.15, -0.1) is 0 Å². The van der Waals surface area contributed by atoms with Gasteiger partial charge >= 0.3 is 0 Å². The predicted octanol–water partition coefficient (Wildman–Crippen LogP) is 5.13. The Labute approximate surface area is 194 Å². The number of pyridine rings is 1. The number of rotatable bonds is 5. The fourth-order valence-electron chi connectivity index (χ4n) is 4.00. The van der Waals surface area contributed by atoms with Crippen molar-refractivity contribution in [1.82, 2.24) is 14.8 Å². The molecular formula is C25H30ClN5O. The van der Waals surface area contributed by atoms with Crippen molar-refractivity contribution in [2.45, 2.75) is 45.6 Å². The third kappa shape index (κ3) is 5.30. The van der Waals surface area contributed by atoms with Gasteiger partial charge in [-0.1, -0.05) is 56.6 Å². The first-order valence-corrected chi connectivity index (χ1v) is 11.5. The molecule has 7 heteroatoms. The van der Waals surface area contributed by atoms with Crippen molar-refractivity contribution in [3.8, 4) is 0 Å². The summed E-state index contributed by atoms with van der Waals surface area (Å²) in [7, 11) is 0. The van der Waals surface area contributed by atoms with Crippen LogP contribution in [0.2, 0.25) is 5.02 Å². The molecular weight excluding hydrogens is 422 g/mol. The number of nitrogens with one attached hydrogen (secondary N) is 1. The van der Waals surface area contributed by atoms with Crippen LogP contribution in [0.15, 0.2) is 54.9 Å². The van der Waals surface area contributed by atoms with E-state index in [4.69, 9.17) is 11.6 Å². The van der Waals surface area contributed by atoms with E-state index in [9.17, 15) is 4.79 Å². The Kier molecular flexibility index (Phi) is 6.51. The zero-order chi connectivity index (χ0) is 22.7. The molecule has 0 atom stereocenters. The quantitative estimate of drug-likeness (QED) is 0.583. The number of amides is 1. The monoisotopic (exact) mass is 451 g/mol. The highest BCUT2D eigenvalue weighted by atomic mass is 35.5. The van der Waals surface area contributed by atoms with Crippen molar-refractivity contribution in [3.05, 3.63) is 71.0 Å². The van der Waals surface area contributed by atoms with E-state index in [1.54, 1.807) is 12.4 Å². The van der Waals surface area contributed by atoms with Crippen LogP contribution in [-0.2, 0) is 16.8 Å². The van der Waals surface area contributed by atoms with Gasteiger partial charge < -0.3 is 10.2 Å². The second-order valence-corrected chi connectivity index (χ2v) is 9.84. The van der Waals surface area contributed by atoms with E-state index >= 15 is 0 Å². The summed E-state index contributed by atoms with van der Waals surface area (Å²) in [6, 6.07) is 14.2. The van der Waals surface area contributed by atoms with Gasteiger partial charge in [0.05, 0.1) is 17.8 Å². The largest absolute Gasteiger partial charge is 0.357 e. The normalized spacial score (nSPS) is 15.1. The minimum atomic E-state index is -0.0204. The number of anilines is 2. The molecule has 1 N–H and O–H groups in total. The lowest BCUT2D eigenvalue weighted by Gasteiger charge is -2.32. The highest BCUT2D eigenvalue weighted by molar-refractivity contribution is 6.30. The average Bonchev–Trinajstić information content (AvgIpc) is 3.20. The number of carbonyl (C=O) groups is 1. The Morgan fingerprint density at radius 1 is 1.09 bits per heavy atom. The van der Waals surface area contributed by atoms with Gasteiger partial charge in [-0.05, 0) is 41.5 Å². The molecule has 168 valence electrons. The van der Waals surface area contributed by atoms with E-state index in [0.29, 0.717) is 11.6 Å². The summed E-state index contributed by atoms with van der Waals surface area (Å²) in [6.45, 7) is 8.84. The maximum Gasteiger partial charge on any atom is 0.228 e. The summed E-state index contributed by atoms with van der Waals surface area (Å²) >= 11 is 5.93. The highest BCUT2D eigenvalue weighted by Gasteiger charge is 2.26. The highest BCUT2D eigenvalue weighted by Crippen LogP contribution is 2.25. The van der Waals surface area contributed by atoms with Gasteiger partial charge in [-0.25, -0.2) is 9.67 Å². The molecule has 2 aromatic heterocycles. The molecule has 4 rings (SSSR count). The summed E-state index contributed by atoms with van der Waals surface area (Å²) < 4.78 is 1.84. The molecule has 0 bridgehead atoms. The standard InChI is InChI=1S/C25H30ClN5O/c1-25(2,3)20-6-4-18(5-7-20)17-31-23(10-13-28-31)29-24(32)19-11-14-30(15-12-19)22-9-8-21(26)16-27-22/h4-10,13,16,19H,11-12,14-15,17H2,1-3H3,(H,29,32). The van der Waals surface area contributed by atoms with Gasteiger partial charge in [0.15, 0.2) is 0 Å². The van der Waals surface area contributed by atoms with Crippen LogP contribution in [0.4, 0.5) is 11.6 Å². The molecule has 0 spiro atoms. The lowest BCUT2D eigenvalue weighted by Crippen LogP contribution is -2.38. The molecule has 0 unspecified atom stereocenters. The lowest BCUT2D eigenvalue weighted by atomic mass is 9.87. The van der Waals surface area contributed by atoms with Gasteiger partial charge in [0.1, 0.15) is 11.6 Å². The third-order valence-electron chi connectivity index (χ3n) is 6.02. The topological polar surface area (TPSA) is 63.1 Å². The summed E-state index contributed by atoms with van der Waals surface area (Å²) in [4.78, 5) is 19.5. The number of nitrogens with zero attached hydrogens (tertiary/aromatic N) is 4. The maximum atomic E-state index is 12.9. The summed E-state index contributed by atoms with van der Waals surface area (Å²) in [5, 5.41) is 8.13. The predicted molar refractivity (Wildman–Crippen MR) is 129 cm³/mol. The third-order valence-corrected chi connectivity index (χ3v) is 6.25. The fourth-order valence-corrected chi connectivity index (χ4v) is 4.11. The van der Waals surface area contributed by atoms with Crippen molar-refractivity contribution >= 4 is 29.1 Å². The molecule has 3 aromatic rings. The first-order chi connectivity index (χ1) is 15.3. The van der Waals surface area contributed by atoms with Crippen LogP contribution < -0.4 is 10.2 Å². The molecule has 1 amide bonds. The number of benzene rings is 1. The van der Waals surface area contributed by atoms with Crippen LogP contribution in [0.3, 0.4) is 0 Å². The van der Waals surface area contributed by atoms with Gasteiger partial charge in [0, 0.05) is 31.3 Å². The summed E-state index contributed by atoms with van der Waals surface area (Å²) in [6.07, 6.45) is 4.97. The molecule has 0 radical (unpaired) electrons. The molecule has 1 saturated heterocycles. The van der Waals surface area contributed by atoms with Crippen LogP contribution in [0.25, 0.3) is 0 Å². The number of carbonyl (C=O) groups excluding carboxylic acids is 1. The van der Waals surface area contributed by atoms with E-state index in [1.165, 1.54) is 5.56 Å². The molecule has 32 heavy (non-hydrogen) atoms. The molecule has 1 fully saturated rings. The number of piperidine rings is 1. The smallest absolute Gasteiger partial charge is 0.228 e. The van der Waals surface area contributed by atoms with Crippen molar-refractivity contribution in [2.24, 2.45) is 5.92 Å². The van der Waals surface area contributed by atoms with E-state index < -0.39 is 0 Å². The Morgan fingerprint density at radius 2 is 1.81 bits per heavy atom. The number of hydrogen-bond donors (Lipinski definition) is 1. The molecule has 1 aliphatic rings. The first-order valence-electron chi connectivity index (χ1n) is 11.1. The average molecular weight is 452 g/mol. The van der Waals surface area contributed by atoms with Gasteiger partial charge in [0.2, 0.25) is 5.91 Å². The zero-order valence-electron chi connectivity index (χ0n) is 18.9. The van der Waals surface area contributed by atoms with Gasteiger partial charge in [0.25, 0.3) is 0 Å².